The molecule has 0 radical (unpaired) electrons. The number of nitrogens with zero attached hydrogens (tertiary/aromatic N) is 1. The summed E-state index contributed by atoms with van der Waals surface area (Å²) < 4.78 is 13.8. The Morgan fingerprint density at radius 2 is 1.81 bits per heavy atom. The van der Waals surface area contributed by atoms with Crippen molar-refractivity contribution < 1.29 is 33.7 Å². The summed E-state index contributed by atoms with van der Waals surface area (Å²) in [7, 11) is 0. The molecule has 5 N–H and O–H groups in total. The third-order valence-corrected chi connectivity index (χ3v) is 4.98. The molecule has 2 rings (SSSR count). The van der Waals surface area contributed by atoms with Gasteiger partial charge >= 0.3 is 12.1 Å². The highest BCUT2D eigenvalue weighted by Crippen LogP contribution is 2.23. The van der Waals surface area contributed by atoms with Crippen LogP contribution in [-0.4, -0.2) is 54.5 Å². The first kappa shape index (κ1) is 28.2. The topological polar surface area (TPSA) is 183 Å². The summed E-state index contributed by atoms with van der Waals surface area (Å²) in [5.41, 5.74) is 11.2. The molecule has 12 nitrogen and oxygen atoms in total. The average Bonchev–Trinajstić information content (AvgIpc) is 2.84. The number of amides is 1. The molecule has 13 heteroatoms. The Labute approximate surface area is 211 Å². The molecule has 0 saturated heterocycles. The second-order valence-corrected chi connectivity index (χ2v) is 7.78. The van der Waals surface area contributed by atoms with Crippen molar-refractivity contribution in [2.24, 2.45) is 5.22 Å². The minimum atomic E-state index is -1.67. The smallest absolute Gasteiger partial charge is 0.435 e. The van der Waals surface area contributed by atoms with E-state index in [2.05, 4.69) is 20.0 Å². The van der Waals surface area contributed by atoms with Gasteiger partial charge in [-0.2, -0.15) is 5.53 Å². The van der Waals surface area contributed by atoms with Crippen LogP contribution in [0.15, 0.2) is 53.8 Å². The predicted octanol–water partition coefficient (Wildman–Crippen LogP) is 2.97. The zero-order valence-electron chi connectivity index (χ0n) is 19.3. The SMILES string of the molecule is CCOC(=O)OCOC(=O)[C@H](O)C[C@@H](Cc1ccc(-c2cccc(Cl)c2)cc1)NC(=O)C(=N)NN=N. The molecule has 2 aromatic carbocycles. The van der Waals surface area contributed by atoms with Gasteiger partial charge in [-0.15, -0.1) is 0 Å². The number of halogens is 1. The lowest BCUT2D eigenvalue weighted by molar-refractivity contribution is -0.163. The van der Waals surface area contributed by atoms with Crippen molar-refractivity contribution >= 4 is 35.5 Å². The summed E-state index contributed by atoms with van der Waals surface area (Å²) in [6.07, 6.45) is -2.78. The molecule has 0 saturated carbocycles. The first-order valence-corrected chi connectivity index (χ1v) is 11.1. The number of ether oxygens (including phenoxy) is 3. The molecule has 192 valence electrons. The van der Waals surface area contributed by atoms with E-state index in [4.69, 9.17) is 27.3 Å². The first-order chi connectivity index (χ1) is 17.2. The highest BCUT2D eigenvalue weighted by atomic mass is 35.5. The van der Waals surface area contributed by atoms with Crippen LogP contribution in [0.25, 0.3) is 11.1 Å². The van der Waals surface area contributed by atoms with Gasteiger partial charge in [-0.3, -0.25) is 10.2 Å². The maximum atomic E-state index is 12.2. The number of benzene rings is 2. The summed E-state index contributed by atoms with van der Waals surface area (Å²) in [5, 5.41) is 23.8. The van der Waals surface area contributed by atoms with Crippen LogP contribution in [0.2, 0.25) is 5.02 Å². The van der Waals surface area contributed by atoms with Crippen molar-refractivity contribution in [2.45, 2.75) is 31.9 Å². The summed E-state index contributed by atoms with van der Waals surface area (Å²) in [6.45, 7) is 0.897. The number of hydrogen-bond donors (Lipinski definition) is 5. The maximum Gasteiger partial charge on any atom is 0.511 e. The predicted molar refractivity (Wildman–Crippen MR) is 128 cm³/mol. The molecule has 0 heterocycles. The molecule has 0 fully saturated rings. The molecule has 2 atom stereocenters. The quantitative estimate of drug-likeness (QED) is 0.0749. The number of hydrogen-bond acceptors (Lipinski definition) is 10. The molecular weight excluding hydrogens is 494 g/mol. The van der Waals surface area contributed by atoms with E-state index in [1.807, 2.05) is 47.9 Å². The monoisotopic (exact) mass is 519 g/mol. The summed E-state index contributed by atoms with van der Waals surface area (Å²) in [6, 6.07) is 13.9. The van der Waals surface area contributed by atoms with Gasteiger partial charge in [0.15, 0.2) is 6.10 Å². The third kappa shape index (κ3) is 9.31. The Morgan fingerprint density at radius 3 is 2.44 bits per heavy atom. The molecule has 1 amide bonds. The normalized spacial score (nSPS) is 12.0. The van der Waals surface area contributed by atoms with Crippen LogP contribution in [0.5, 0.6) is 0 Å². The fourth-order valence-electron chi connectivity index (χ4n) is 3.10. The van der Waals surface area contributed by atoms with Crippen LogP contribution < -0.4 is 10.7 Å². The molecule has 0 aliphatic carbocycles. The van der Waals surface area contributed by atoms with E-state index in [1.165, 1.54) is 0 Å². The molecule has 36 heavy (non-hydrogen) atoms. The second kappa shape index (κ2) is 14.4. The lowest BCUT2D eigenvalue weighted by Crippen LogP contribution is -2.46. The Hall–Kier alpha value is -4.03. The standard InChI is InChI=1S/C23H26ClN5O7/c1-2-34-23(33)36-13-35-22(32)19(30)12-18(27-21(31)20(25)28-29-26)10-14-6-8-15(9-7-14)16-4-3-5-17(24)11-16/h3-9,11,18-19,30H,2,10,12-13H2,1H3,(H,27,31)(H3,25,26,28)/t18-,19-/m1/s1. The van der Waals surface area contributed by atoms with Gasteiger partial charge in [0.2, 0.25) is 12.6 Å². The average molecular weight is 520 g/mol. The van der Waals surface area contributed by atoms with Gasteiger partial charge in [-0.05, 0) is 42.2 Å². The van der Waals surface area contributed by atoms with Crippen LogP contribution in [-0.2, 0) is 30.2 Å². The van der Waals surface area contributed by atoms with Crippen molar-refractivity contribution in [3.63, 3.8) is 0 Å². The van der Waals surface area contributed by atoms with E-state index in [-0.39, 0.29) is 19.4 Å². The summed E-state index contributed by atoms with van der Waals surface area (Å²) >= 11 is 6.05. The van der Waals surface area contributed by atoms with Crippen molar-refractivity contribution in [1.82, 2.24) is 10.7 Å². The van der Waals surface area contributed by atoms with Gasteiger partial charge in [0.1, 0.15) is 0 Å². The fourth-order valence-corrected chi connectivity index (χ4v) is 3.29. The van der Waals surface area contributed by atoms with Crippen molar-refractivity contribution in [3.8, 4) is 11.1 Å². The highest BCUT2D eigenvalue weighted by Gasteiger charge is 2.25. The van der Waals surface area contributed by atoms with Gasteiger partial charge in [0.25, 0.3) is 5.91 Å². The third-order valence-electron chi connectivity index (χ3n) is 4.74. The molecule has 0 aliphatic heterocycles. The molecule has 0 unspecified atom stereocenters. The molecule has 0 spiro atoms. The molecule has 2 aromatic rings. The van der Waals surface area contributed by atoms with Crippen molar-refractivity contribution in [3.05, 3.63) is 59.1 Å². The van der Waals surface area contributed by atoms with Gasteiger partial charge < -0.3 is 24.6 Å². The minimum Gasteiger partial charge on any atom is -0.435 e. The largest absolute Gasteiger partial charge is 0.511 e. The fraction of sp³-hybridized carbons (Fsp3) is 0.304. The number of rotatable bonds is 11. The van der Waals surface area contributed by atoms with Gasteiger partial charge in [0, 0.05) is 17.5 Å². The maximum absolute atomic E-state index is 12.2. The first-order valence-electron chi connectivity index (χ1n) is 10.7. The van der Waals surface area contributed by atoms with E-state index in [0.29, 0.717) is 5.02 Å². The number of esters is 1. The van der Waals surface area contributed by atoms with Crippen LogP contribution in [0.3, 0.4) is 0 Å². The lowest BCUT2D eigenvalue weighted by atomic mass is 9.97. The zero-order chi connectivity index (χ0) is 26.5. The molecule has 0 aromatic heterocycles. The Bertz CT molecular complexity index is 1080. The summed E-state index contributed by atoms with van der Waals surface area (Å²) in [4.78, 5) is 35.5. The Balaban J connectivity index is 2.07. The molecular formula is C23H26ClN5O7. The van der Waals surface area contributed by atoms with E-state index in [0.717, 1.165) is 16.7 Å². The zero-order valence-corrected chi connectivity index (χ0v) is 20.1. The van der Waals surface area contributed by atoms with Crippen molar-refractivity contribution in [2.75, 3.05) is 13.4 Å². The molecule has 0 bridgehead atoms. The molecule has 0 aliphatic rings. The number of nitrogens with one attached hydrogen (secondary N) is 4. The highest BCUT2D eigenvalue weighted by molar-refractivity contribution is 6.36. The van der Waals surface area contributed by atoms with E-state index in [1.54, 1.807) is 13.0 Å². The van der Waals surface area contributed by atoms with Gasteiger partial charge in [0.05, 0.1) is 6.61 Å². The van der Waals surface area contributed by atoms with Gasteiger partial charge in [-0.1, -0.05) is 53.2 Å². The Kier molecular flexibility index (Phi) is 11.3. The Morgan fingerprint density at radius 1 is 1.08 bits per heavy atom. The van der Waals surface area contributed by atoms with Gasteiger partial charge in [-0.25, -0.2) is 15.0 Å². The number of aliphatic hydroxyl groups is 1. The van der Waals surface area contributed by atoms with Crippen LogP contribution in [0, 0.1) is 10.9 Å². The van der Waals surface area contributed by atoms with E-state index >= 15 is 0 Å². The van der Waals surface area contributed by atoms with Crippen LogP contribution in [0.4, 0.5) is 4.79 Å². The summed E-state index contributed by atoms with van der Waals surface area (Å²) in [5.74, 6) is -2.66. The number of carbonyl (C=O) groups excluding carboxylic acids is 3. The van der Waals surface area contributed by atoms with E-state index < -0.39 is 42.8 Å². The number of carbonyl (C=O) groups is 3. The van der Waals surface area contributed by atoms with Crippen LogP contribution in [0.1, 0.15) is 18.9 Å². The lowest BCUT2D eigenvalue weighted by Gasteiger charge is -2.21. The number of aliphatic hydroxyl groups excluding tert-OH is 1. The second-order valence-electron chi connectivity index (χ2n) is 7.34. The van der Waals surface area contributed by atoms with Crippen molar-refractivity contribution in [1.29, 1.82) is 10.9 Å². The van der Waals surface area contributed by atoms with E-state index in [9.17, 15) is 19.5 Å². The van der Waals surface area contributed by atoms with Crippen LogP contribution >= 0.6 is 11.6 Å². The minimum absolute atomic E-state index is 0.0776. The number of amidine groups is 1.